The van der Waals surface area contributed by atoms with Crippen LogP contribution >= 0.6 is 0 Å². The third kappa shape index (κ3) is 6.17. The first-order valence-electron chi connectivity index (χ1n) is 11.6. The van der Waals surface area contributed by atoms with Crippen LogP contribution in [-0.4, -0.2) is 28.4 Å². The number of fused-ring (bicyclic) bond motifs is 1. The number of para-hydroxylation sites is 1. The Morgan fingerprint density at radius 1 is 1.03 bits per heavy atom. The zero-order valence-electron chi connectivity index (χ0n) is 18.7. The van der Waals surface area contributed by atoms with E-state index in [1.165, 1.54) is 6.42 Å². The highest BCUT2D eigenvalue weighted by Gasteiger charge is 2.27. The molecule has 3 aromatic rings. The first-order chi connectivity index (χ1) is 16.1. The number of rotatable bonds is 10. The average molecular weight is 447 g/mol. The molecule has 1 fully saturated rings. The zero-order valence-corrected chi connectivity index (χ0v) is 18.7. The SMILES string of the molecule is N=C(C1CCCCC1)C(OCCC(=O)O)c1ccc(OCc2ccc3ccccc3n2)cc1. The predicted octanol–water partition coefficient (Wildman–Crippen LogP) is 5.95. The van der Waals surface area contributed by atoms with Gasteiger partial charge in [0.2, 0.25) is 0 Å². The number of aliphatic carboxylic acids is 1. The Labute approximate surface area is 194 Å². The van der Waals surface area contributed by atoms with E-state index in [-0.39, 0.29) is 18.9 Å². The molecule has 2 aromatic carbocycles. The summed E-state index contributed by atoms with van der Waals surface area (Å²) in [4.78, 5) is 15.6. The lowest BCUT2D eigenvalue weighted by Gasteiger charge is -2.28. The van der Waals surface area contributed by atoms with E-state index < -0.39 is 12.1 Å². The third-order valence-corrected chi connectivity index (χ3v) is 6.15. The van der Waals surface area contributed by atoms with Crippen LogP contribution in [0.25, 0.3) is 10.9 Å². The number of nitrogens with one attached hydrogen (secondary N) is 1. The van der Waals surface area contributed by atoms with Gasteiger partial charge < -0.3 is 20.0 Å². The van der Waals surface area contributed by atoms with E-state index in [0.29, 0.717) is 18.1 Å². The van der Waals surface area contributed by atoms with Crippen molar-refractivity contribution in [3.63, 3.8) is 0 Å². The van der Waals surface area contributed by atoms with Gasteiger partial charge in [-0.15, -0.1) is 0 Å². The summed E-state index contributed by atoms with van der Waals surface area (Å²) in [6, 6.07) is 19.6. The Bertz CT molecular complexity index is 1090. The number of carboxylic acid groups (broad SMARTS) is 1. The highest BCUT2D eigenvalue weighted by Crippen LogP contribution is 2.32. The fourth-order valence-electron chi connectivity index (χ4n) is 4.34. The molecule has 6 heteroatoms. The van der Waals surface area contributed by atoms with Gasteiger partial charge in [-0.25, -0.2) is 4.98 Å². The average Bonchev–Trinajstić information content (AvgIpc) is 2.86. The number of ether oxygens (including phenoxy) is 2. The highest BCUT2D eigenvalue weighted by atomic mass is 16.5. The summed E-state index contributed by atoms with van der Waals surface area (Å²) in [5, 5.41) is 18.8. The molecule has 1 saturated carbocycles. The number of aromatic nitrogens is 1. The third-order valence-electron chi connectivity index (χ3n) is 6.15. The normalized spacial score (nSPS) is 15.3. The number of pyridine rings is 1. The van der Waals surface area contributed by atoms with Gasteiger partial charge in [-0.05, 0) is 48.6 Å². The molecule has 4 rings (SSSR count). The summed E-state index contributed by atoms with van der Waals surface area (Å²) in [6.07, 6.45) is 4.87. The first kappa shape index (κ1) is 22.9. The quantitative estimate of drug-likeness (QED) is 0.376. The van der Waals surface area contributed by atoms with Crippen LogP contribution in [0.3, 0.4) is 0 Å². The largest absolute Gasteiger partial charge is 0.487 e. The van der Waals surface area contributed by atoms with E-state index in [2.05, 4.69) is 4.98 Å². The van der Waals surface area contributed by atoms with Crippen LogP contribution in [0.1, 0.15) is 55.9 Å². The van der Waals surface area contributed by atoms with Crippen molar-refractivity contribution >= 4 is 22.6 Å². The van der Waals surface area contributed by atoms with E-state index >= 15 is 0 Å². The Morgan fingerprint density at radius 2 is 1.79 bits per heavy atom. The molecule has 2 N–H and O–H groups in total. The lowest BCUT2D eigenvalue weighted by Crippen LogP contribution is -2.26. The van der Waals surface area contributed by atoms with Crippen LogP contribution in [0.4, 0.5) is 0 Å². The van der Waals surface area contributed by atoms with E-state index in [1.807, 2.05) is 60.7 Å². The maximum absolute atomic E-state index is 10.9. The molecule has 1 heterocycles. The van der Waals surface area contributed by atoms with Crippen molar-refractivity contribution in [3.8, 4) is 5.75 Å². The molecule has 33 heavy (non-hydrogen) atoms. The molecule has 0 aliphatic heterocycles. The van der Waals surface area contributed by atoms with Crippen molar-refractivity contribution in [2.75, 3.05) is 6.61 Å². The second kappa shape index (κ2) is 11.1. The molecule has 1 aromatic heterocycles. The lowest BCUT2D eigenvalue weighted by atomic mass is 9.82. The van der Waals surface area contributed by atoms with E-state index in [9.17, 15) is 4.79 Å². The van der Waals surface area contributed by atoms with Crippen LogP contribution < -0.4 is 4.74 Å². The Hall–Kier alpha value is -3.25. The topological polar surface area (TPSA) is 92.5 Å². The minimum atomic E-state index is -0.899. The molecular formula is C27H30N2O4. The highest BCUT2D eigenvalue weighted by molar-refractivity contribution is 5.89. The van der Waals surface area contributed by atoms with Gasteiger partial charge >= 0.3 is 5.97 Å². The predicted molar refractivity (Wildman–Crippen MR) is 128 cm³/mol. The molecule has 0 bridgehead atoms. The monoisotopic (exact) mass is 446 g/mol. The second-order valence-corrected chi connectivity index (χ2v) is 8.54. The van der Waals surface area contributed by atoms with Crippen LogP contribution in [0.2, 0.25) is 0 Å². The summed E-state index contributed by atoms with van der Waals surface area (Å²) >= 11 is 0. The van der Waals surface area contributed by atoms with Crippen molar-refractivity contribution in [1.29, 1.82) is 5.41 Å². The molecule has 0 radical (unpaired) electrons. The van der Waals surface area contributed by atoms with Gasteiger partial charge in [-0.2, -0.15) is 0 Å². The van der Waals surface area contributed by atoms with Crippen molar-refractivity contribution in [1.82, 2.24) is 4.98 Å². The minimum Gasteiger partial charge on any atom is -0.487 e. The number of hydrogen-bond acceptors (Lipinski definition) is 5. The van der Waals surface area contributed by atoms with Crippen LogP contribution in [0.15, 0.2) is 60.7 Å². The summed E-state index contributed by atoms with van der Waals surface area (Å²) < 4.78 is 11.8. The van der Waals surface area contributed by atoms with Crippen LogP contribution in [0, 0.1) is 11.3 Å². The maximum Gasteiger partial charge on any atom is 0.305 e. The summed E-state index contributed by atoms with van der Waals surface area (Å²) in [6.45, 7) is 0.446. The number of benzene rings is 2. The Balaban J connectivity index is 1.42. The molecule has 1 atom stereocenters. The van der Waals surface area contributed by atoms with E-state index in [0.717, 1.165) is 47.8 Å². The van der Waals surface area contributed by atoms with Crippen molar-refractivity contribution in [2.24, 2.45) is 5.92 Å². The fraction of sp³-hybridized carbons (Fsp3) is 0.370. The molecule has 1 aliphatic carbocycles. The van der Waals surface area contributed by atoms with Gasteiger partial charge in [-0.1, -0.05) is 55.7 Å². The molecule has 6 nitrogen and oxygen atoms in total. The van der Waals surface area contributed by atoms with Gasteiger partial charge in [-0.3, -0.25) is 4.79 Å². The molecule has 1 aliphatic rings. The second-order valence-electron chi connectivity index (χ2n) is 8.54. The number of carbonyl (C=O) groups is 1. The van der Waals surface area contributed by atoms with E-state index in [4.69, 9.17) is 20.0 Å². The van der Waals surface area contributed by atoms with Gasteiger partial charge in [0.05, 0.1) is 24.2 Å². The molecular weight excluding hydrogens is 416 g/mol. The number of nitrogens with zero attached hydrogens (tertiary/aromatic N) is 1. The van der Waals surface area contributed by atoms with Gasteiger partial charge in [0.25, 0.3) is 0 Å². The lowest BCUT2D eigenvalue weighted by molar-refractivity contribution is -0.138. The minimum absolute atomic E-state index is 0.0750. The summed E-state index contributed by atoms with van der Waals surface area (Å²) in [7, 11) is 0. The Kier molecular flexibility index (Phi) is 7.68. The zero-order chi connectivity index (χ0) is 23.0. The number of hydrogen-bond donors (Lipinski definition) is 2. The van der Waals surface area contributed by atoms with Crippen molar-refractivity contribution < 1.29 is 19.4 Å². The van der Waals surface area contributed by atoms with Gasteiger partial charge in [0.15, 0.2) is 0 Å². The van der Waals surface area contributed by atoms with Crippen LogP contribution in [0.5, 0.6) is 5.75 Å². The first-order valence-corrected chi connectivity index (χ1v) is 11.6. The van der Waals surface area contributed by atoms with Crippen molar-refractivity contribution in [2.45, 2.75) is 51.2 Å². The molecule has 172 valence electrons. The molecule has 0 saturated heterocycles. The molecule has 0 spiro atoms. The maximum atomic E-state index is 10.9. The number of carboxylic acids is 1. The fourth-order valence-corrected chi connectivity index (χ4v) is 4.34. The van der Waals surface area contributed by atoms with Crippen molar-refractivity contribution in [3.05, 3.63) is 71.9 Å². The van der Waals surface area contributed by atoms with Gasteiger partial charge in [0.1, 0.15) is 18.5 Å². The van der Waals surface area contributed by atoms with Gasteiger partial charge in [0, 0.05) is 11.1 Å². The molecule has 0 amide bonds. The van der Waals surface area contributed by atoms with Crippen LogP contribution in [-0.2, 0) is 16.1 Å². The Morgan fingerprint density at radius 3 is 2.55 bits per heavy atom. The summed E-state index contributed by atoms with van der Waals surface area (Å²) in [5.41, 5.74) is 3.20. The summed E-state index contributed by atoms with van der Waals surface area (Å²) in [5.74, 6) is 0.00895. The smallest absolute Gasteiger partial charge is 0.305 e. The van der Waals surface area contributed by atoms with E-state index in [1.54, 1.807) is 0 Å². The standard InChI is InChI=1S/C27H30N2O4/c28-26(20-7-2-1-3-8-20)27(32-17-16-25(30)31)21-11-14-23(15-12-21)33-18-22-13-10-19-6-4-5-9-24(19)29-22/h4-6,9-15,20,27-28H,1-3,7-8,16-18H2,(H,30,31). The molecule has 1 unspecified atom stereocenters.